The molecule has 1 rings (SSSR count). The quantitative estimate of drug-likeness (QED) is 0.380. The molecule has 2 N–H and O–H groups in total. The van der Waals surface area contributed by atoms with Gasteiger partial charge in [-0.05, 0) is 57.3 Å². The van der Waals surface area contributed by atoms with Crippen molar-refractivity contribution in [2.75, 3.05) is 0 Å². The molecular formula is C20H28O8. The summed E-state index contributed by atoms with van der Waals surface area (Å²) in [5, 5.41) is 17.2. The Kier molecular flexibility index (Phi) is 9.41. The van der Waals surface area contributed by atoms with Crippen molar-refractivity contribution < 1.29 is 38.9 Å². The predicted molar refractivity (Wildman–Crippen MR) is 99.3 cm³/mol. The molecule has 1 aliphatic rings. The molecule has 0 heterocycles. The number of carbonyl (C=O) groups excluding carboxylic acids is 2. The summed E-state index contributed by atoms with van der Waals surface area (Å²) in [5.41, 5.74) is -0.0756. The van der Waals surface area contributed by atoms with Crippen LogP contribution in [0.5, 0.6) is 0 Å². The SMILES string of the molecule is CC1=C(OC(=O)CCCCC(=O)O)C=CC(C)(OC(=O)CCCCC(=O)O)C1. The minimum atomic E-state index is -0.891. The molecule has 0 aliphatic heterocycles. The molecular weight excluding hydrogens is 368 g/mol. The Morgan fingerprint density at radius 3 is 1.93 bits per heavy atom. The highest BCUT2D eigenvalue weighted by Gasteiger charge is 2.30. The van der Waals surface area contributed by atoms with Gasteiger partial charge in [-0.2, -0.15) is 0 Å². The molecule has 0 fully saturated rings. The third kappa shape index (κ3) is 9.34. The van der Waals surface area contributed by atoms with E-state index in [1.54, 1.807) is 26.0 Å². The number of allylic oxidation sites excluding steroid dienone is 1. The van der Waals surface area contributed by atoms with Crippen molar-refractivity contribution in [2.24, 2.45) is 0 Å². The summed E-state index contributed by atoms with van der Waals surface area (Å²) >= 11 is 0. The second kappa shape index (κ2) is 11.3. The number of unbranched alkanes of at least 4 members (excludes halogenated alkanes) is 2. The Morgan fingerprint density at radius 2 is 1.43 bits per heavy atom. The van der Waals surface area contributed by atoms with Gasteiger partial charge in [0.15, 0.2) is 0 Å². The van der Waals surface area contributed by atoms with Crippen LogP contribution in [-0.4, -0.2) is 39.7 Å². The van der Waals surface area contributed by atoms with E-state index in [0.717, 1.165) is 5.57 Å². The van der Waals surface area contributed by atoms with Crippen LogP contribution >= 0.6 is 0 Å². The standard InChI is InChI=1S/C20H28O8/c1-14-13-20(2,28-19(26)10-6-4-8-17(23)24)12-11-15(14)27-18(25)9-5-3-7-16(21)22/h11-12H,3-10,13H2,1-2H3,(H,21,22)(H,23,24). The highest BCUT2D eigenvalue weighted by atomic mass is 16.6. The normalized spacial score (nSPS) is 18.6. The number of hydrogen-bond acceptors (Lipinski definition) is 6. The molecule has 156 valence electrons. The average molecular weight is 396 g/mol. The molecule has 0 aromatic carbocycles. The van der Waals surface area contributed by atoms with Gasteiger partial charge in [-0.15, -0.1) is 0 Å². The van der Waals surface area contributed by atoms with E-state index in [9.17, 15) is 19.2 Å². The Balaban J connectivity index is 2.43. The van der Waals surface area contributed by atoms with Crippen LogP contribution in [0.1, 0.15) is 71.6 Å². The third-order valence-corrected chi connectivity index (χ3v) is 4.24. The van der Waals surface area contributed by atoms with Crippen LogP contribution in [-0.2, 0) is 28.7 Å². The lowest BCUT2D eigenvalue weighted by atomic mass is 9.91. The largest absolute Gasteiger partial charge is 0.481 e. The maximum absolute atomic E-state index is 12.0. The minimum Gasteiger partial charge on any atom is -0.481 e. The van der Waals surface area contributed by atoms with E-state index in [4.69, 9.17) is 19.7 Å². The molecule has 0 bridgehead atoms. The lowest BCUT2D eigenvalue weighted by molar-refractivity contribution is -0.154. The minimum absolute atomic E-state index is 0.0228. The predicted octanol–water partition coefficient (Wildman–Crippen LogP) is 3.36. The second-order valence-corrected chi connectivity index (χ2v) is 7.12. The van der Waals surface area contributed by atoms with Crippen LogP contribution in [0.25, 0.3) is 0 Å². The molecule has 0 saturated carbocycles. The van der Waals surface area contributed by atoms with Crippen LogP contribution in [0.15, 0.2) is 23.5 Å². The summed E-state index contributed by atoms with van der Waals surface area (Å²) < 4.78 is 10.8. The molecule has 0 spiro atoms. The molecule has 0 amide bonds. The van der Waals surface area contributed by atoms with Gasteiger partial charge >= 0.3 is 23.9 Å². The first-order valence-electron chi connectivity index (χ1n) is 9.36. The van der Waals surface area contributed by atoms with E-state index >= 15 is 0 Å². The number of aliphatic carboxylic acids is 2. The summed E-state index contributed by atoms with van der Waals surface area (Å²) in [6.45, 7) is 3.54. The molecule has 0 radical (unpaired) electrons. The van der Waals surface area contributed by atoms with E-state index in [2.05, 4.69) is 0 Å². The van der Waals surface area contributed by atoms with Crippen molar-refractivity contribution >= 4 is 23.9 Å². The number of carboxylic acid groups (broad SMARTS) is 2. The van der Waals surface area contributed by atoms with Crippen molar-refractivity contribution in [1.29, 1.82) is 0 Å². The molecule has 8 heteroatoms. The highest BCUT2D eigenvalue weighted by molar-refractivity contribution is 5.72. The number of rotatable bonds is 12. The Hall–Kier alpha value is -2.64. The van der Waals surface area contributed by atoms with Gasteiger partial charge in [-0.3, -0.25) is 19.2 Å². The van der Waals surface area contributed by atoms with Crippen LogP contribution < -0.4 is 0 Å². The zero-order valence-corrected chi connectivity index (χ0v) is 16.4. The summed E-state index contributed by atoms with van der Waals surface area (Å²) in [6.07, 6.45) is 5.72. The molecule has 0 aromatic heterocycles. The van der Waals surface area contributed by atoms with E-state index < -0.39 is 29.5 Å². The molecule has 0 aromatic rings. The lowest BCUT2D eigenvalue weighted by Crippen LogP contribution is -2.32. The Morgan fingerprint density at radius 1 is 0.929 bits per heavy atom. The van der Waals surface area contributed by atoms with Gasteiger partial charge in [0.05, 0.1) is 0 Å². The van der Waals surface area contributed by atoms with Gasteiger partial charge in [0.2, 0.25) is 0 Å². The average Bonchev–Trinajstić information content (AvgIpc) is 2.58. The van der Waals surface area contributed by atoms with Crippen LogP contribution in [0, 0.1) is 0 Å². The smallest absolute Gasteiger partial charge is 0.311 e. The molecule has 1 atom stereocenters. The lowest BCUT2D eigenvalue weighted by Gasteiger charge is -2.30. The summed E-state index contributed by atoms with van der Waals surface area (Å²) in [5.74, 6) is -2.19. The number of ether oxygens (including phenoxy) is 2. The monoisotopic (exact) mass is 396 g/mol. The summed E-state index contributed by atoms with van der Waals surface area (Å²) in [4.78, 5) is 44.8. The fraction of sp³-hybridized carbons (Fsp3) is 0.600. The third-order valence-electron chi connectivity index (χ3n) is 4.24. The van der Waals surface area contributed by atoms with Gasteiger partial charge in [0, 0.05) is 32.1 Å². The number of carbonyl (C=O) groups is 4. The van der Waals surface area contributed by atoms with Crippen molar-refractivity contribution in [3.8, 4) is 0 Å². The van der Waals surface area contributed by atoms with E-state index in [-0.39, 0.29) is 25.7 Å². The topological polar surface area (TPSA) is 127 Å². The Labute approximate surface area is 164 Å². The zero-order valence-electron chi connectivity index (χ0n) is 16.4. The van der Waals surface area contributed by atoms with Crippen LogP contribution in [0.4, 0.5) is 0 Å². The Bertz CT molecular complexity index is 661. The van der Waals surface area contributed by atoms with E-state index in [1.807, 2.05) is 0 Å². The first kappa shape index (κ1) is 23.4. The fourth-order valence-electron chi connectivity index (χ4n) is 2.83. The first-order valence-corrected chi connectivity index (χ1v) is 9.36. The van der Waals surface area contributed by atoms with Gasteiger partial charge < -0.3 is 19.7 Å². The number of carboxylic acids is 2. The molecule has 1 aliphatic carbocycles. The molecule has 8 nitrogen and oxygen atoms in total. The number of hydrogen-bond donors (Lipinski definition) is 2. The molecule has 28 heavy (non-hydrogen) atoms. The summed E-state index contributed by atoms with van der Waals surface area (Å²) in [7, 11) is 0. The van der Waals surface area contributed by atoms with Gasteiger partial charge in [-0.25, -0.2) is 0 Å². The maximum Gasteiger partial charge on any atom is 0.311 e. The van der Waals surface area contributed by atoms with Crippen molar-refractivity contribution in [1.82, 2.24) is 0 Å². The van der Waals surface area contributed by atoms with Crippen molar-refractivity contribution in [3.63, 3.8) is 0 Å². The fourth-order valence-corrected chi connectivity index (χ4v) is 2.83. The number of esters is 2. The van der Waals surface area contributed by atoms with Crippen LogP contribution in [0.2, 0.25) is 0 Å². The zero-order chi connectivity index (χ0) is 21.2. The van der Waals surface area contributed by atoms with Gasteiger partial charge in [0.25, 0.3) is 0 Å². The van der Waals surface area contributed by atoms with Crippen molar-refractivity contribution in [2.45, 2.75) is 77.2 Å². The summed E-state index contributed by atoms with van der Waals surface area (Å²) in [6, 6.07) is 0. The highest BCUT2D eigenvalue weighted by Crippen LogP contribution is 2.31. The van der Waals surface area contributed by atoms with Crippen LogP contribution in [0.3, 0.4) is 0 Å². The molecule has 1 unspecified atom stereocenters. The molecule has 0 saturated heterocycles. The van der Waals surface area contributed by atoms with E-state index in [0.29, 0.717) is 37.9 Å². The maximum atomic E-state index is 12.0. The second-order valence-electron chi connectivity index (χ2n) is 7.12. The van der Waals surface area contributed by atoms with Gasteiger partial charge in [-0.1, -0.05) is 0 Å². The first-order chi connectivity index (χ1) is 13.1. The van der Waals surface area contributed by atoms with Gasteiger partial charge in [0.1, 0.15) is 11.4 Å². The van der Waals surface area contributed by atoms with E-state index in [1.165, 1.54) is 0 Å². The van der Waals surface area contributed by atoms with Crippen molar-refractivity contribution in [3.05, 3.63) is 23.5 Å².